The average molecular weight is 193 g/mol. The van der Waals surface area contributed by atoms with Crippen molar-refractivity contribution in [2.45, 2.75) is 25.8 Å². The normalized spacial score (nSPS) is 20.4. The molecule has 0 spiro atoms. The molecule has 0 N–H and O–H groups in total. The molecular formula is C11H12FNO. The van der Waals surface area contributed by atoms with Gasteiger partial charge in [0, 0.05) is 11.7 Å². The molecular weight excluding hydrogens is 181 g/mol. The summed E-state index contributed by atoms with van der Waals surface area (Å²) in [7, 11) is 0. The zero-order valence-corrected chi connectivity index (χ0v) is 8.03. The van der Waals surface area contributed by atoms with E-state index in [1.165, 1.54) is 12.1 Å². The van der Waals surface area contributed by atoms with Crippen molar-refractivity contribution < 1.29 is 9.18 Å². The van der Waals surface area contributed by atoms with Crippen LogP contribution in [0.3, 0.4) is 0 Å². The molecule has 0 saturated carbocycles. The summed E-state index contributed by atoms with van der Waals surface area (Å²) in [5, 5.41) is 0. The molecule has 1 aromatic rings. The number of aryl methyl sites for hydroxylation is 1. The van der Waals surface area contributed by atoms with Crippen molar-refractivity contribution in [3.63, 3.8) is 0 Å². The first-order valence-corrected chi connectivity index (χ1v) is 4.74. The van der Waals surface area contributed by atoms with Crippen molar-refractivity contribution in [2.75, 3.05) is 4.90 Å². The molecule has 0 aliphatic carbocycles. The minimum atomic E-state index is -0.232. The molecule has 0 aromatic heterocycles. The maximum Gasteiger partial charge on any atom is 0.214 e. The van der Waals surface area contributed by atoms with Crippen molar-refractivity contribution in [1.29, 1.82) is 0 Å². The number of hydrogen-bond acceptors (Lipinski definition) is 1. The van der Waals surface area contributed by atoms with Gasteiger partial charge >= 0.3 is 0 Å². The van der Waals surface area contributed by atoms with Crippen LogP contribution in [0.2, 0.25) is 0 Å². The summed E-state index contributed by atoms with van der Waals surface area (Å²) >= 11 is 0. The van der Waals surface area contributed by atoms with Gasteiger partial charge < -0.3 is 4.90 Å². The Labute approximate surface area is 82.3 Å². The molecule has 1 aliphatic rings. The van der Waals surface area contributed by atoms with Gasteiger partial charge in [0.25, 0.3) is 0 Å². The van der Waals surface area contributed by atoms with Gasteiger partial charge in [0.15, 0.2) is 0 Å². The Balaban J connectivity index is 2.46. The highest BCUT2D eigenvalue weighted by Gasteiger charge is 2.22. The first-order valence-electron chi connectivity index (χ1n) is 4.74. The van der Waals surface area contributed by atoms with Gasteiger partial charge in [-0.05, 0) is 43.5 Å². The first kappa shape index (κ1) is 9.19. The van der Waals surface area contributed by atoms with Crippen LogP contribution in [0, 0.1) is 5.82 Å². The number of rotatable bonds is 1. The molecule has 0 fully saturated rings. The lowest BCUT2D eigenvalue weighted by Crippen LogP contribution is -2.36. The largest absolute Gasteiger partial charge is 0.312 e. The Morgan fingerprint density at radius 2 is 2.36 bits per heavy atom. The molecule has 1 aliphatic heterocycles. The SMILES string of the molecule is C[C@@H]1CCc2cc(F)ccc2N1C=O. The number of hydrogen-bond donors (Lipinski definition) is 0. The second kappa shape index (κ2) is 3.40. The second-order valence-electron chi connectivity index (χ2n) is 3.67. The highest BCUT2D eigenvalue weighted by Crippen LogP contribution is 2.29. The molecule has 1 heterocycles. The zero-order valence-electron chi connectivity index (χ0n) is 8.03. The van der Waals surface area contributed by atoms with Crippen LogP contribution in [0.15, 0.2) is 18.2 Å². The van der Waals surface area contributed by atoms with E-state index in [9.17, 15) is 9.18 Å². The van der Waals surface area contributed by atoms with Crippen molar-refractivity contribution in [3.05, 3.63) is 29.6 Å². The van der Waals surface area contributed by atoms with Gasteiger partial charge in [0.2, 0.25) is 6.41 Å². The first-order chi connectivity index (χ1) is 6.72. The van der Waals surface area contributed by atoms with E-state index < -0.39 is 0 Å². The summed E-state index contributed by atoms with van der Waals surface area (Å²) in [6.07, 6.45) is 2.56. The molecule has 0 saturated heterocycles. The van der Waals surface area contributed by atoms with E-state index in [1.54, 1.807) is 11.0 Å². The molecule has 1 amide bonds. The summed E-state index contributed by atoms with van der Waals surface area (Å²) in [6, 6.07) is 4.80. The fourth-order valence-electron chi connectivity index (χ4n) is 1.91. The molecule has 2 nitrogen and oxygen atoms in total. The number of amides is 1. The van der Waals surface area contributed by atoms with Gasteiger partial charge in [-0.2, -0.15) is 0 Å². The molecule has 0 radical (unpaired) electrons. The summed E-state index contributed by atoms with van der Waals surface area (Å²) in [4.78, 5) is 12.5. The molecule has 1 aromatic carbocycles. The van der Waals surface area contributed by atoms with E-state index in [1.807, 2.05) is 6.92 Å². The lowest BCUT2D eigenvalue weighted by Gasteiger charge is -2.32. The molecule has 3 heteroatoms. The number of fused-ring (bicyclic) bond motifs is 1. The van der Waals surface area contributed by atoms with Gasteiger partial charge in [0.1, 0.15) is 5.82 Å². The number of carbonyl (C=O) groups excluding carboxylic acids is 1. The lowest BCUT2D eigenvalue weighted by molar-refractivity contribution is -0.107. The van der Waals surface area contributed by atoms with Crippen LogP contribution in [-0.4, -0.2) is 12.5 Å². The Morgan fingerprint density at radius 3 is 3.07 bits per heavy atom. The minimum absolute atomic E-state index is 0.213. The van der Waals surface area contributed by atoms with Crippen molar-refractivity contribution in [1.82, 2.24) is 0 Å². The van der Waals surface area contributed by atoms with Crippen LogP contribution in [-0.2, 0) is 11.2 Å². The van der Waals surface area contributed by atoms with E-state index >= 15 is 0 Å². The van der Waals surface area contributed by atoms with Crippen LogP contribution in [0.5, 0.6) is 0 Å². The number of anilines is 1. The average Bonchev–Trinajstić information content (AvgIpc) is 2.18. The van der Waals surface area contributed by atoms with E-state index in [-0.39, 0.29) is 11.9 Å². The Morgan fingerprint density at radius 1 is 1.57 bits per heavy atom. The number of carbonyl (C=O) groups is 1. The summed E-state index contributed by atoms with van der Waals surface area (Å²) < 4.78 is 12.9. The highest BCUT2D eigenvalue weighted by atomic mass is 19.1. The standard InChI is InChI=1S/C11H12FNO/c1-8-2-3-9-6-10(12)4-5-11(9)13(8)7-14/h4-8H,2-3H2,1H3/t8-/m1/s1. The molecule has 74 valence electrons. The molecule has 1 atom stereocenters. The van der Waals surface area contributed by atoms with Crippen molar-refractivity contribution in [2.24, 2.45) is 0 Å². The van der Waals surface area contributed by atoms with Crippen LogP contribution in [0.1, 0.15) is 18.9 Å². The number of nitrogens with zero attached hydrogens (tertiary/aromatic N) is 1. The fourth-order valence-corrected chi connectivity index (χ4v) is 1.91. The van der Waals surface area contributed by atoms with E-state index in [2.05, 4.69) is 0 Å². The van der Waals surface area contributed by atoms with Gasteiger partial charge in [-0.15, -0.1) is 0 Å². The number of benzene rings is 1. The van der Waals surface area contributed by atoms with Crippen LogP contribution >= 0.6 is 0 Å². The zero-order chi connectivity index (χ0) is 10.1. The molecule has 14 heavy (non-hydrogen) atoms. The van der Waals surface area contributed by atoms with Gasteiger partial charge in [0.05, 0.1) is 0 Å². The summed E-state index contributed by atoms with van der Waals surface area (Å²) in [6.45, 7) is 2.00. The third-order valence-corrected chi connectivity index (χ3v) is 2.74. The van der Waals surface area contributed by atoms with Gasteiger partial charge in [-0.1, -0.05) is 0 Å². The topological polar surface area (TPSA) is 20.3 Å². The lowest BCUT2D eigenvalue weighted by atomic mass is 9.97. The van der Waals surface area contributed by atoms with Gasteiger partial charge in [-0.25, -0.2) is 4.39 Å². The van der Waals surface area contributed by atoms with E-state index in [0.29, 0.717) is 0 Å². The van der Waals surface area contributed by atoms with E-state index in [0.717, 1.165) is 30.5 Å². The Hall–Kier alpha value is -1.38. The second-order valence-corrected chi connectivity index (χ2v) is 3.67. The number of halogens is 1. The van der Waals surface area contributed by atoms with E-state index in [4.69, 9.17) is 0 Å². The van der Waals surface area contributed by atoms with Gasteiger partial charge in [-0.3, -0.25) is 4.79 Å². The molecule has 2 rings (SSSR count). The minimum Gasteiger partial charge on any atom is -0.312 e. The highest BCUT2D eigenvalue weighted by molar-refractivity contribution is 5.78. The summed E-state index contributed by atoms with van der Waals surface area (Å²) in [5.74, 6) is -0.232. The van der Waals surface area contributed by atoms with Crippen LogP contribution in [0.25, 0.3) is 0 Å². The third-order valence-electron chi connectivity index (χ3n) is 2.74. The monoisotopic (exact) mass is 193 g/mol. The Kier molecular flexibility index (Phi) is 2.23. The van der Waals surface area contributed by atoms with Crippen molar-refractivity contribution >= 4 is 12.1 Å². The maximum atomic E-state index is 12.9. The van der Waals surface area contributed by atoms with Crippen molar-refractivity contribution in [3.8, 4) is 0 Å². The third kappa shape index (κ3) is 1.39. The van der Waals surface area contributed by atoms with Crippen LogP contribution in [0.4, 0.5) is 10.1 Å². The molecule has 0 bridgehead atoms. The predicted octanol–water partition coefficient (Wildman–Crippen LogP) is 2.12. The molecule has 0 unspecified atom stereocenters. The quantitative estimate of drug-likeness (QED) is 0.625. The predicted molar refractivity (Wildman–Crippen MR) is 52.7 cm³/mol. The maximum absolute atomic E-state index is 12.9. The Bertz CT molecular complexity index is 364. The smallest absolute Gasteiger partial charge is 0.214 e. The van der Waals surface area contributed by atoms with Crippen LogP contribution < -0.4 is 4.90 Å². The fraction of sp³-hybridized carbons (Fsp3) is 0.364. The summed E-state index contributed by atoms with van der Waals surface area (Å²) in [5.41, 5.74) is 1.77.